The van der Waals surface area contributed by atoms with Crippen molar-refractivity contribution in [3.63, 3.8) is 0 Å². The molecule has 0 saturated heterocycles. The van der Waals surface area contributed by atoms with Gasteiger partial charge in [-0.2, -0.15) is 0 Å². The molecule has 24 heavy (non-hydrogen) atoms. The zero-order valence-corrected chi connectivity index (χ0v) is 13.8. The van der Waals surface area contributed by atoms with Crippen LogP contribution in [0.25, 0.3) is 10.6 Å². The summed E-state index contributed by atoms with van der Waals surface area (Å²) >= 11 is 1.48. The van der Waals surface area contributed by atoms with Gasteiger partial charge in [-0.3, -0.25) is 4.79 Å². The minimum atomic E-state index is -0.143. The average Bonchev–Trinajstić information content (AvgIpc) is 3.13. The molecule has 120 valence electrons. The smallest absolute Gasteiger partial charge is 0.271 e. The maximum Gasteiger partial charge on any atom is 0.271 e. The highest BCUT2D eigenvalue weighted by Crippen LogP contribution is 2.32. The summed E-state index contributed by atoms with van der Waals surface area (Å²) in [4.78, 5) is 17.0. The molecule has 2 aromatic carbocycles. The first kappa shape index (κ1) is 14.9. The molecule has 3 aromatic rings. The summed E-state index contributed by atoms with van der Waals surface area (Å²) in [6, 6.07) is 17.7. The van der Waals surface area contributed by atoms with Crippen LogP contribution in [0.4, 0.5) is 0 Å². The lowest BCUT2D eigenvalue weighted by Crippen LogP contribution is -2.32. The van der Waals surface area contributed by atoms with E-state index in [9.17, 15) is 4.79 Å². The van der Waals surface area contributed by atoms with E-state index in [1.54, 1.807) is 0 Å². The monoisotopic (exact) mass is 336 g/mol. The van der Waals surface area contributed by atoms with E-state index in [-0.39, 0.29) is 11.9 Å². The molecule has 4 nitrogen and oxygen atoms in total. The van der Waals surface area contributed by atoms with Crippen LogP contribution in [0, 0.1) is 0 Å². The van der Waals surface area contributed by atoms with E-state index >= 15 is 0 Å². The van der Waals surface area contributed by atoms with Gasteiger partial charge in [-0.15, -0.1) is 11.3 Å². The molecule has 1 aliphatic rings. The first-order valence-corrected chi connectivity index (χ1v) is 8.73. The Kier molecular flexibility index (Phi) is 4.01. The van der Waals surface area contributed by atoms with E-state index in [1.807, 2.05) is 60.0 Å². The number of fused-ring (bicyclic) bond motifs is 1. The van der Waals surface area contributed by atoms with E-state index in [0.717, 1.165) is 28.3 Å². The Morgan fingerprint density at radius 3 is 2.79 bits per heavy atom. The second kappa shape index (κ2) is 6.45. The second-order valence-electron chi connectivity index (χ2n) is 5.60. The molecule has 1 aromatic heterocycles. The van der Waals surface area contributed by atoms with Crippen molar-refractivity contribution in [1.82, 2.24) is 10.3 Å². The number of ether oxygens (including phenoxy) is 1. The van der Waals surface area contributed by atoms with Crippen LogP contribution in [0.15, 0.2) is 60.0 Å². The van der Waals surface area contributed by atoms with Gasteiger partial charge in [0.25, 0.3) is 5.91 Å². The van der Waals surface area contributed by atoms with Crippen LogP contribution >= 0.6 is 11.3 Å². The summed E-state index contributed by atoms with van der Waals surface area (Å²) < 4.78 is 5.64. The molecule has 0 bridgehead atoms. The van der Waals surface area contributed by atoms with E-state index in [1.165, 1.54) is 11.3 Å². The third kappa shape index (κ3) is 2.90. The minimum absolute atomic E-state index is 0.0377. The number of hydrogen-bond donors (Lipinski definition) is 1. The van der Waals surface area contributed by atoms with Gasteiger partial charge in [0.15, 0.2) is 0 Å². The van der Waals surface area contributed by atoms with Crippen molar-refractivity contribution in [1.29, 1.82) is 0 Å². The Morgan fingerprint density at radius 1 is 1.12 bits per heavy atom. The molecule has 0 unspecified atom stereocenters. The number of carbonyl (C=O) groups is 1. The maximum absolute atomic E-state index is 12.6. The Labute approximate surface area is 144 Å². The highest BCUT2D eigenvalue weighted by Gasteiger charge is 2.24. The fourth-order valence-electron chi connectivity index (χ4n) is 2.82. The molecule has 0 fully saturated rings. The number of nitrogens with one attached hydrogen (secondary N) is 1. The van der Waals surface area contributed by atoms with Gasteiger partial charge in [-0.05, 0) is 6.07 Å². The summed E-state index contributed by atoms with van der Waals surface area (Å²) in [5.41, 5.74) is 2.51. The summed E-state index contributed by atoms with van der Waals surface area (Å²) in [6.07, 6.45) is 0.762. The number of rotatable bonds is 3. The molecule has 0 aliphatic carbocycles. The molecule has 1 N–H and O–H groups in total. The Morgan fingerprint density at radius 2 is 1.92 bits per heavy atom. The molecule has 1 aliphatic heterocycles. The van der Waals surface area contributed by atoms with Crippen LogP contribution in [-0.2, 0) is 0 Å². The largest absolute Gasteiger partial charge is 0.493 e. The number of aromatic nitrogens is 1. The number of para-hydroxylation sites is 1. The summed E-state index contributed by atoms with van der Waals surface area (Å²) in [7, 11) is 0. The number of carbonyl (C=O) groups excluding carboxylic acids is 1. The molecular formula is C19H16N2O2S. The first-order chi connectivity index (χ1) is 11.8. The van der Waals surface area contributed by atoms with Crippen LogP contribution < -0.4 is 10.1 Å². The molecule has 0 radical (unpaired) electrons. The zero-order chi connectivity index (χ0) is 16.4. The van der Waals surface area contributed by atoms with E-state index in [2.05, 4.69) is 10.3 Å². The number of nitrogens with zero attached hydrogens (tertiary/aromatic N) is 1. The molecule has 0 spiro atoms. The Bertz CT molecular complexity index is 861. The topological polar surface area (TPSA) is 51.2 Å². The van der Waals surface area contributed by atoms with Crippen LogP contribution in [0.3, 0.4) is 0 Å². The van der Waals surface area contributed by atoms with Gasteiger partial charge in [-0.25, -0.2) is 4.98 Å². The molecule has 1 atom stereocenters. The summed E-state index contributed by atoms with van der Waals surface area (Å²) in [5.74, 6) is 0.701. The first-order valence-electron chi connectivity index (χ1n) is 7.85. The van der Waals surface area contributed by atoms with Crippen LogP contribution in [0.2, 0.25) is 0 Å². The molecule has 5 heteroatoms. The van der Waals surface area contributed by atoms with Gasteiger partial charge in [0, 0.05) is 22.9 Å². The van der Waals surface area contributed by atoms with Gasteiger partial charge in [0.05, 0.1) is 12.6 Å². The standard InChI is InChI=1S/C19H16N2O2S/c22-18(16-12-24-19(21-16)13-6-2-1-3-7-13)20-15-10-11-23-17-9-5-4-8-14(15)17/h1-9,12,15H,10-11H2,(H,20,22)/t15-/m1/s1. The maximum atomic E-state index is 12.6. The van der Waals surface area contributed by atoms with E-state index in [4.69, 9.17) is 4.74 Å². The van der Waals surface area contributed by atoms with Gasteiger partial charge >= 0.3 is 0 Å². The Balaban J connectivity index is 1.53. The fourth-order valence-corrected chi connectivity index (χ4v) is 3.62. The normalized spacial score (nSPS) is 16.1. The quantitative estimate of drug-likeness (QED) is 0.784. The molecular weight excluding hydrogens is 320 g/mol. The van der Waals surface area contributed by atoms with E-state index in [0.29, 0.717) is 12.3 Å². The van der Waals surface area contributed by atoms with Crippen molar-refractivity contribution in [3.05, 3.63) is 71.2 Å². The lowest BCUT2D eigenvalue weighted by molar-refractivity contribution is 0.0920. The van der Waals surface area contributed by atoms with Gasteiger partial charge in [0.2, 0.25) is 0 Å². The Hall–Kier alpha value is -2.66. The summed E-state index contributed by atoms with van der Waals surface area (Å²) in [5, 5.41) is 5.74. The van der Waals surface area contributed by atoms with Crippen molar-refractivity contribution in [3.8, 4) is 16.3 Å². The minimum Gasteiger partial charge on any atom is -0.493 e. The number of benzene rings is 2. The van der Waals surface area contributed by atoms with Gasteiger partial charge in [-0.1, -0.05) is 48.5 Å². The number of thiazole rings is 1. The zero-order valence-electron chi connectivity index (χ0n) is 12.9. The van der Waals surface area contributed by atoms with Gasteiger partial charge in [0.1, 0.15) is 16.5 Å². The third-order valence-corrected chi connectivity index (χ3v) is 4.91. The number of amides is 1. The highest BCUT2D eigenvalue weighted by atomic mass is 32.1. The lowest BCUT2D eigenvalue weighted by Gasteiger charge is -2.26. The molecule has 4 rings (SSSR count). The lowest BCUT2D eigenvalue weighted by atomic mass is 10.0. The van der Waals surface area contributed by atoms with Crippen molar-refractivity contribution in [2.24, 2.45) is 0 Å². The highest BCUT2D eigenvalue weighted by molar-refractivity contribution is 7.13. The van der Waals surface area contributed by atoms with Crippen LogP contribution in [0.1, 0.15) is 28.5 Å². The SMILES string of the molecule is O=C(N[C@@H]1CCOc2ccccc21)c1csc(-c2ccccc2)n1. The second-order valence-corrected chi connectivity index (χ2v) is 6.46. The third-order valence-electron chi connectivity index (χ3n) is 4.02. The van der Waals surface area contributed by atoms with Gasteiger partial charge < -0.3 is 10.1 Å². The molecule has 1 amide bonds. The summed E-state index contributed by atoms with van der Waals surface area (Å²) in [6.45, 7) is 0.605. The van der Waals surface area contributed by atoms with Crippen LogP contribution in [0.5, 0.6) is 5.75 Å². The average molecular weight is 336 g/mol. The van der Waals surface area contributed by atoms with E-state index < -0.39 is 0 Å². The van der Waals surface area contributed by atoms with Crippen molar-refractivity contribution in [2.75, 3.05) is 6.61 Å². The van der Waals surface area contributed by atoms with Crippen molar-refractivity contribution >= 4 is 17.2 Å². The predicted octanol–water partition coefficient (Wildman–Crippen LogP) is 4.06. The molecule has 0 saturated carbocycles. The number of hydrogen-bond acceptors (Lipinski definition) is 4. The fraction of sp³-hybridized carbons (Fsp3) is 0.158. The predicted molar refractivity (Wildman–Crippen MR) is 94.3 cm³/mol. The van der Waals surface area contributed by atoms with Crippen LogP contribution in [-0.4, -0.2) is 17.5 Å². The molecule has 2 heterocycles. The van der Waals surface area contributed by atoms with Crippen molar-refractivity contribution in [2.45, 2.75) is 12.5 Å². The van der Waals surface area contributed by atoms with Crippen molar-refractivity contribution < 1.29 is 9.53 Å².